The Kier molecular flexibility index (Phi) is 14.4. The van der Waals surface area contributed by atoms with Crippen LogP contribution in [-0.4, -0.2) is 71.8 Å². The van der Waals surface area contributed by atoms with E-state index in [1.165, 1.54) is 18.7 Å². The van der Waals surface area contributed by atoms with E-state index in [0.717, 1.165) is 0 Å². The highest BCUT2D eigenvalue weighted by Gasteiger charge is 2.21. The minimum Gasteiger partial charge on any atom is -0.444 e. The molecule has 0 saturated carbocycles. The van der Waals surface area contributed by atoms with Crippen LogP contribution in [-0.2, 0) is 14.3 Å². The van der Waals surface area contributed by atoms with Gasteiger partial charge < -0.3 is 9.47 Å². The summed E-state index contributed by atoms with van der Waals surface area (Å²) in [6.45, 7) is 16.2. The van der Waals surface area contributed by atoms with E-state index < -0.39 is 23.4 Å². The molecule has 0 fully saturated rings. The molecule has 0 aromatic heterocycles. The number of alkyl carbamates (subject to hydrolysis) is 2. The number of hydrogen-bond donors (Lipinski definition) is 2. The van der Waals surface area contributed by atoms with Crippen molar-refractivity contribution in [3.05, 3.63) is 0 Å². The van der Waals surface area contributed by atoms with Gasteiger partial charge in [0.05, 0.1) is 6.54 Å². The summed E-state index contributed by atoms with van der Waals surface area (Å²) in [6, 6.07) is 0. The summed E-state index contributed by atoms with van der Waals surface area (Å²) in [4.78, 5) is 41.6. The summed E-state index contributed by atoms with van der Waals surface area (Å²) in [5, 5.41) is 4.55. The summed E-state index contributed by atoms with van der Waals surface area (Å²) < 4.78 is 10.4. The number of thioether (sulfide) groups is 1. The molecule has 10 heteroatoms. The second-order valence-corrected chi connectivity index (χ2v) is 9.47. The molecule has 0 aliphatic carbocycles. The van der Waals surface area contributed by atoms with Crippen LogP contribution in [0.3, 0.4) is 0 Å². The van der Waals surface area contributed by atoms with E-state index >= 15 is 0 Å². The number of ether oxygens (including phenoxy) is 2. The fourth-order valence-electron chi connectivity index (χ4n) is 1.86. The Hall–Kier alpha value is -1.81. The van der Waals surface area contributed by atoms with E-state index in [0.29, 0.717) is 5.75 Å². The van der Waals surface area contributed by atoms with E-state index in [-0.39, 0.29) is 23.7 Å². The average Bonchev–Trinajstić information content (AvgIpc) is 2.51. The number of carbonyl (C=O) groups is 3. The first kappa shape index (κ1) is 30.4. The Balaban J connectivity index is 0. The third kappa shape index (κ3) is 17.1. The van der Waals surface area contributed by atoms with Crippen LogP contribution in [0.15, 0.2) is 4.99 Å². The highest BCUT2D eigenvalue weighted by Crippen LogP contribution is 2.14. The van der Waals surface area contributed by atoms with E-state index in [9.17, 15) is 14.4 Å². The maximum Gasteiger partial charge on any atom is 0.414 e. The molecule has 176 valence electrons. The molecule has 0 radical (unpaired) electrons. The van der Waals surface area contributed by atoms with E-state index in [2.05, 4.69) is 15.6 Å². The van der Waals surface area contributed by atoms with Gasteiger partial charge in [0.2, 0.25) is 5.96 Å². The first-order valence-electron chi connectivity index (χ1n) is 9.93. The van der Waals surface area contributed by atoms with Crippen molar-refractivity contribution in [2.24, 2.45) is 4.99 Å². The highest BCUT2D eigenvalue weighted by atomic mass is 32.2. The van der Waals surface area contributed by atoms with E-state index in [1.807, 2.05) is 32.8 Å². The van der Waals surface area contributed by atoms with Gasteiger partial charge in [0.1, 0.15) is 16.6 Å². The third-order valence-electron chi connectivity index (χ3n) is 2.69. The quantitative estimate of drug-likeness (QED) is 0.276. The first-order chi connectivity index (χ1) is 13.6. The molecule has 2 amide bonds. The van der Waals surface area contributed by atoms with Gasteiger partial charge in [-0.2, -0.15) is 0 Å². The van der Waals surface area contributed by atoms with Gasteiger partial charge >= 0.3 is 12.2 Å². The van der Waals surface area contributed by atoms with Gasteiger partial charge in [0.15, 0.2) is 5.78 Å². The molecule has 0 saturated heterocycles. The molecule has 0 aliphatic heterocycles. The number of amides is 2. The minimum atomic E-state index is -0.745. The lowest BCUT2D eigenvalue weighted by molar-refractivity contribution is -0.118. The highest BCUT2D eigenvalue weighted by molar-refractivity contribution is 8.00. The molecule has 0 aromatic carbocycles. The molecule has 2 N–H and O–H groups in total. The zero-order valence-electron chi connectivity index (χ0n) is 20.3. The number of guanidine groups is 1. The molecule has 1 atom stereocenters. The van der Waals surface area contributed by atoms with Crippen molar-refractivity contribution in [1.29, 1.82) is 0 Å². The van der Waals surface area contributed by atoms with Crippen molar-refractivity contribution in [2.45, 2.75) is 78.9 Å². The van der Waals surface area contributed by atoms with Gasteiger partial charge in [-0.25, -0.2) is 9.59 Å². The van der Waals surface area contributed by atoms with Crippen LogP contribution in [0.1, 0.15) is 62.3 Å². The maximum atomic E-state index is 12.0. The molecule has 0 aromatic rings. The number of rotatable bonds is 6. The lowest BCUT2D eigenvalue weighted by Gasteiger charge is -2.22. The average molecular weight is 449 g/mol. The van der Waals surface area contributed by atoms with Crippen LogP contribution in [0.4, 0.5) is 9.59 Å². The van der Waals surface area contributed by atoms with Crippen molar-refractivity contribution in [3.8, 4) is 0 Å². The second-order valence-electron chi connectivity index (χ2n) is 8.28. The Morgan fingerprint density at radius 2 is 1.33 bits per heavy atom. The summed E-state index contributed by atoms with van der Waals surface area (Å²) in [6.07, 6.45) is -1.49. The standard InChI is InChI=1S/C18H34N4O5S.C2H6/c1-12(23)13(22(8)9)28-11-10-19-14(20-15(24)26-17(2,3)4)21-16(25)27-18(5,6)7;1-2/h13H,10-11H2,1-9H3,(H2,19,20,21,24,25);1-2H3. The number of Topliss-reactive ketones (excluding diaryl/α,β-unsaturated/α-hetero) is 1. The number of likely N-dealkylation sites (N-methyl/N-ethyl adjacent to an activating group) is 1. The monoisotopic (exact) mass is 448 g/mol. The second kappa shape index (κ2) is 14.2. The normalized spacial score (nSPS) is 12.1. The van der Waals surface area contributed by atoms with Crippen LogP contribution in [0.2, 0.25) is 0 Å². The van der Waals surface area contributed by atoms with Crippen molar-refractivity contribution in [2.75, 3.05) is 26.4 Å². The number of nitrogens with zero attached hydrogens (tertiary/aromatic N) is 2. The Bertz CT molecular complexity index is 549. The Morgan fingerprint density at radius 1 is 0.933 bits per heavy atom. The summed E-state index contributed by atoms with van der Waals surface area (Å²) >= 11 is 1.42. The van der Waals surface area contributed by atoms with Crippen LogP contribution < -0.4 is 10.6 Å². The molecule has 30 heavy (non-hydrogen) atoms. The topological polar surface area (TPSA) is 109 Å². The van der Waals surface area contributed by atoms with Gasteiger partial charge in [-0.05, 0) is 62.6 Å². The zero-order valence-corrected chi connectivity index (χ0v) is 21.2. The van der Waals surface area contributed by atoms with Crippen molar-refractivity contribution in [3.63, 3.8) is 0 Å². The minimum absolute atomic E-state index is 0.0398. The summed E-state index contributed by atoms with van der Waals surface area (Å²) in [7, 11) is 3.64. The van der Waals surface area contributed by atoms with Crippen molar-refractivity contribution in [1.82, 2.24) is 15.5 Å². The largest absolute Gasteiger partial charge is 0.444 e. The van der Waals surface area contributed by atoms with Crippen molar-refractivity contribution < 1.29 is 23.9 Å². The van der Waals surface area contributed by atoms with E-state index in [1.54, 1.807) is 41.5 Å². The maximum absolute atomic E-state index is 12.0. The predicted octanol–water partition coefficient (Wildman–Crippen LogP) is 3.63. The van der Waals surface area contributed by atoms with Gasteiger partial charge in [-0.1, -0.05) is 13.8 Å². The molecular formula is C20H40N4O5S. The van der Waals surface area contributed by atoms with E-state index in [4.69, 9.17) is 9.47 Å². The number of ketones is 1. The first-order valence-corrected chi connectivity index (χ1v) is 11.0. The molecule has 9 nitrogen and oxygen atoms in total. The molecule has 0 heterocycles. The summed E-state index contributed by atoms with van der Waals surface area (Å²) in [5.74, 6) is 0.476. The number of aliphatic imine (C=N–C) groups is 1. The van der Waals surface area contributed by atoms with Crippen LogP contribution in [0.25, 0.3) is 0 Å². The molecule has 0 spiro atoms. The molecule has 1 unspecified atom stereocenters. The van der Waals surface area contributed by atoms with Gasteiger partial charge in [0.25, 0.3) is 0 Å². The Morgan fingerprint density at radius 3 is 1.63 bits per heavy atom. The van der Waals surface area contributed by atoms with Crippen LogP contribution in [0.5, 0.6) is 0 Å². The van der Waals surface area contributed by atoms with Crippen LogP contribution in [0, 0.1) is 0 Å². The van der Waals surface area contributed by atoms with Gasteiger partial charge in [-0.3, -0.25) is 25.3 Å². The lowest BCUT2D eigenvalue weighted by atomic mass is 10.2. The third-order valence-corrected chi connectivity index (χ3v) is 4.18. The fourth-order valence-corrected chi connectivity index (χ4v) is 2.82. The fraction of sp³-hybridized carbons (Fsp3) is 0.800. The van der Waals surface area contributed by atoms with Gasteiger partial charge in [-0.15, -0.1) is 11.8 Å². The predicted molar refractivity (Wildman–Crippen MR) is 123 cm³/mol. The summed E-state index contributed by atoms with van der Waals surface area (Å²) in [5.41, 5.74) is -1.39. The molecule has 0 aliphatic rings. The zero-order chi connectivity index (χ0) is 24.1. The SMILES string of the molecule is CC.CC(=O)C(SCCN=C(NC(=O)OC(C)(C)C)NC(=O)OC(C)(C)C)N(C)C. The Labute approximate surface area is 185 Å². The molecule has 0 rings (SSSR count). The smallest absolute Gasteiger partial charge is 0.414 e. The number of carbonyl (C=O) groups excluding carboxylic acids is 3. The van der Waals surface area contributed by atoms with Gasteiger partial charge in [0, 0.05) is 5.75 Å². The van der Waals surface area contributed by atoms with Crippen LogP contribution >= 0.6 is 11.8 Å². The number of nitrogens with one attached hydrogen (secondary N) is 2. The molecule has 0 bridgehead atoms. The lowest BCUT2D eigenvalue weighted by Crippen LogP contribution is -2.47. The molecular weight excluding hydrogens is 408 g/mol. The van der Waals surface area contributed by atoms with Crippen molar-refractivity contribution >= 4 is 35.7 Å². The number of hydrogen-bond acceptors (Lipinski definition) is 8.